The molecule has 0 aromatic rings. The van der Waals surface area contributed by atoms with Crippen molar-refractivity contribution in [1.82, 2.24) is 20.8 Å². The number of hydrogen-bond donors (Lipinski definition) is 3. The molecule has 0 radical (unpaired) electrons. The Bertz CT molecular complexity index is 607. The van der Waals surface area contributed by atoms with Gasteiger partial charge in [-0.3, -0.25) is 25.0 Å². The van der Waals surface area contributed by atoms with Crippen molar-refractivity contribution in [1.29, 1.82) is 0 Å². The van der Waals surface area contributed by atoms with Crippen LogP contribution in [-0.4, -0.2) is 59.4 Å². The molecular weight excluding hydrogens is 332 g/mol. The molecule has 2 heterocycles. The van der Waals surface area contributed by atoms with Crippen LogP contribution in [0.25, 0.3) is 0 Å². The molecule has 0 spiro atoms. The number of carbonyl (C=O) groups is 3. The zero-order valence-corrected chi connectivity index (χ0v) is 13.2. The lowest BCUT2D eigenvalue weighted by molar-refractivity contribution is -0.131. The maximum Gasteiger partial charge on any atom is 0.418 e. The molecule has 0 unspecified atom stereocenters. The molecule has 11 nitrogen and oxygen atoms in total. The van der Waals surface area contributed by atoms with Gasteiger partial charge in [-0.15, -0.1) is 4.28 Å². The van der Waals surface area contributed by atoms with Crippen molar-refractivity contribution >= 4 is 28.2 Å². The molecule has 3 N–H and O–H groups in total. The van der Waals surface area contributed by atoms with E-state index in [-0.39, 0.29) is 25.3 Å². The van der Waals surface area contributed by atoms with Crippen molar-refractivity contribution in [2.24, 2.45) is 0 Å². The molecule has 12 heteroatoms. The van der Waals surface area contributed by atoms with Crippen LogP contribution in [0.3, 0.4) is 0 Å². The minimum absolute atomic E-state index is 0.0926. The summed E-state index contributed by atoms with van der Waals surface area (Å²) in [5, 5.41) is 0.554. The number of fused-ring (bicyclic) bond motifs is 2. The molecule has 2 atom stereocenters. The quantitative estimate of drug-likeness (QED) is 0.423. The SMILES string of the molecule is CCCC(=O)NNC(=O)[C@@H]1CC[C@@H]2CN1C(=O)N2OS(=O)(=O)O. The fraction of sp³-hybridized carbons (Fsp3) is 0.727. The Kier molecular flexibility index (Phi) is 5.06. The van der Waals surface area contributed by atoms with E-state index in [1.165, 1.54) is 0 Å². The standard InChI is InChI=1S/C11H18N4O7S/c1-2-3-9(16)12-13-10(17)8-5-4-7-6-14(8)11(18)15(7)22-23(19,20)21/h7-8H,2-6H2,1H3,(H,12,16)(H,13,17)(H,19,20,21)/t7-,8+/m1/s1. The number of hydroxylamine groups is 2. The van der Waals surface area contributed by atoms with Gasteiger partial charge in [-0.1, -0.05) is 6.92 Å². The summed E-state index contributed by atoms with van der Waals surface area (Å²) in [7, 11) is -4.82. The van der Waals surface area contributed by atoms with Gasteiger partial charge in [-0.25, -0.2) is 4.79 Å². The number of nitrogens with zero attached hydrogens (tertiary/aromatic N) is 2. The summed E-state index contributed by atoms with van der Waals surface area (Å²) in [6.07, 6.45) is 1.47. The van der Waals surface area contributed by atoms with Gasteiger partial charge in [0.15, 0.2) is 0 Å². The van der Waals surface area contributed by atoms with Crippen LogP contribution in [-0.2, 0) is 24.3 Å². The summed E-state index contributed by atoms with van der Waals surface area (Å²) in [5.74, 6) is -0.923. The van der Waals surface area contributed by atoms with Crippen LogP contribution in [0.5, 0.6) is 0 Å². The highest BCUT2D eigenvalue weighted by Gasteiger charge is 2.49. The minimum atomic E-state index is -4.82. The topological polar surface area (TPSA) is 145 Å². The molecule has 2 aliphatic rings. The van der Waals surface area contributed by atoms with Crippen LogP contribution in [0, 0.1) is 0 Å². The van der Waals surface area contributed by atoms with Crippen molar-refractivity contribution < 1.29 is 31.6 Å². The number of amides is 4. The second-order valence-electron chi connectivity index (χ2n) is 5.30. The maximum atomic E-state index is 12.1. The third kappa shape index (κ3) is 4.09. The molecule has 0 saturated carbocycles. The first-order chi connectivity index (χ1) is 10.7. The molecule has 2 bridgehead atoms. The predicted molar refractivity (Wildman–Crippen MR) is 74.6 cm³/mol. The van der Waals surface area contributed by atoms with Gasteiger partial charge in [0.05, 0.1) is 6.04 Å². The summed E-state index contributed by atoms with van der Waals surface area (Å²) >= 11 is 0. The number of carbonyl (C=O) groups excluding carboxylic acids is 3. The first kappa shape index (κ1) is 17.4. The Morgan fingerprint density at radius 2 is 2.04 bits per heavy atom. The van der Waals surface area contributed by atoms with Crippen LogP contribution in [0.15, 0.2) is 0 Å². The van der Waals surface area contributed by atoms with Gasteiger partial charge in [0.1, 0.15) is 6.04 Å². The van der Waals surface area contributed by atoms with Crippen LogP contribution in [0.1, 0.15) is 32.6 Å². The number of urea groups is 1. The number of hydrazine groups is 1. The zero-order valence-electron chi connectivity index (χ0n) is 12.4. The number of rotatable bonds is 5. The first-order valence-electron chi connectivity index (χ1n) is 7.08. The average molecular weight is 350 g/mol. The number of nitrogens with one attached hydrogen (secondary N) is 2. The third-order valence-corrected chi connectivity index (χ3v) is 3.95. The Balaban J connectivity index is 1.98. The molecule has 2 saturated heterocycles. The predicted octanol–water partition coefficient (Wildman–Crippen LogP) is -1.06. The molecule has 2 rings (SSSR count). The largest absolute Gasteiger partial charge is 0.418 e. The van der Waals surface area contributed by atoms with E-state index in [4.69, 9.17) is 4.55 Å². The number of piperidine rings is 1. The van der Waals surface area contributed by atoms with Crippen LogP contribution in [0.4, 0.5) is 4.79 Å². The van der Waals surface area contributed by atoms with Gasteiger partial charge in [0.2, 0.25) is 5.91 Å². The molecule has 2 aliphatic heterocycles. The normalized spacial score (nSPS) is 23.8. The van der Waals surface area contributed by atoms with Crippen molar-refractivity contribution in [2.75, 3.05) is 6.54 Å². The van der Waals surface area contributed by atoms with Gasteiger partial charge >= 0.3 is 16.4 Å². The van der Waals surface area contributed by atoms with Crippen molar-refractivity contribution in [3.8, 4) is 0 Å². The second kappa shape index (κ2) is 6.68. The zero-order chi connectivity index (χ0) is 17.2. The van der Waals surface area contributed by atoms with Crippen molar-refractivity contribution in [3.63, 3.8) is 0 Å². The maximum absolute atomic E-state index is 12.1. The van der Waals surface area contributed by atoms with Gasteiger partial charge in [0.25, 0.3) is 5.91 Å². The Morgan fingerprint density at radius 3 is 2.65 bits per heavy atom. The van der Waals surface area contributed by atoms with Crippen LogP contribution in [0.2, 0.25) is 0 Å². The van der Waals surface area contributed by atoms with E-state index >= 15 is 0 Å². The second-order valence-corrected chi connectivity index (χ2v) is 6.30. The first-order valence-corrected chi connectivity index (χ1v) is 8.45. The molecule has 0 aromatic heterocycles. The fourth-order valence-corrected chi connectivity index (χ4v) is 3.00. The molecule has 130 valence electrons. The summed E-state index contributed by atoms with van der Waals surface area (Å²) in [6, 6.07) is -2.25. The summed E-state index contributed by atoms with van der Waals surface area (Å²) in [5.41, 5.74) is 4.49. The van der Waals surface area contributed by atoms with E-state index in [9.17, 15) is 22.8 Å². The van der Waals surface area contributed by atoms with E-state index in [0.29, 0.717) is 17.9 Å². The highest BCUT2D eigenvalue weighted by Crippen LogP contribution is 2.30. The van der Waals surface area contributed by atoms with E-state index in [0.717, 1.165) is 4.90 Å². The van der Waals surface area contributed by atoms with E-state index in [1.54, 1.807) is 0 Å². The van der Waals surface area contributed by atoms with Crippen LogP contribution >= 0.6 is 0 Å². The molecular formula is C11H18N4O7S. The van der Waals surface area contributed by atoms with Gasteiger partial charge in [-0.05, 0) is 19.3 Å². The van der Waals surface area contributed by atoms with E-state index in [1.807, 2.05) is 6.92 Å². The molecule has 0 aliphatic carbocycles. The molecule has 0 aromatic carbocycles. The van der Waals surface area contributed by atoms with Gasteiger partial charge in [-0.2, -0.15) is 13.5 Å². The summed E-state index contributed by atoms with van der Waals surface area (Å²) in [4.78, 5) is 36.7. The Morgan fingerprint density at radius 1 is 1.35 bits per heavy atom. The third-order valence-electron chi connectivity index (χ3n) is 3.60. The lowest BCUT2D eigenvalue weighted by Gasteiger charge is -2.29. The van der Waals surface area contributed by atoms with Crippen molar-refractivity contribution in [2.45, 2.75) is 44.7 Å². The van der Waals surface area contributed by atoms with Crippen LogP contribution < -0.4 is 10.9 Å². The lowest BCUT2D eigenvalue weighted by Crippen LogP contribution is -2.54. The Hall–Kier alpha value is -1.92. The monoisotopic (exact) mass is 350 g/mol. The molecule has 23 heavy (non-hydrogen) atoms. The van der Waals surface area contributed by atoms with Crippen molar-refractivity contribution in [3.05, 3.63) is 0 Å². The highest BCUT2D eigenvalue weighted by molar-refractivity contribution is 7.80. The highest BCUT2D eigenvalue weighted by atomic mass is 32.3. The molecule has 4 amide bonds. The molecule has 2 fully saturated rings. The Labute approximate surface area is 132 Å². The van der Waals surface area contributed by atoms with E-state index in [2.05, 4.69) is 15.1 Å². The average Bonchev–Trinajstić information content (AvgIpc) is 2.69. The van der Waals surface area contributed by atoms with Gasteiger partial charge < -0.3 is 4.90 Å². The lowest BCUT2D eigenvalue weighted by atomic mass is 10.0. The van der Waals surface area contributed by atoms with Gasteiger partial charge in [0, 0.05) is 13.0 Å². The smallest absolute Gasteiger partial charge is 0.309 e. The summed E-state index contributed by atoms with van der Waals surface area (Å²) in [6.45, 7) is 1.91. The number of hydrogen-bond acceptors (Lipinski definition) is 6. The fourth-order valence-electron chi connectivity index (χ4n) is 2.61. The minimum Gasteiger partial charge on any atom is -0.309 e. The van der Waals surface area contributed by atoms with E-state index < -0.39 is 34.4 Å². The summed E-state index contributed by atoms with van der Waals surface area (Å²) < 4.78 is 34.5.